The van der Waals surface area contributed by atoms with E-state index in [-0.39, 0.29) is 12.1 Å². The molecular weight excluding hydrogens is 323 g/mol. The number of hydrogen-bond acceptors (Lipinski definition) is 3. The minimum atomic E-state index is -0.474. The van der Waals surface area contributed by atoms with Crippen LogP contribution in [0.15, 0.2) is 18.2 Å². The molecule has 1 fully saturated rings. The van der Waals surface area contributed by atoms with Crippen molar-refractivity contribution in [2.75, 3.05) is 19.6 Å². The van der Waals surface area contributed by atoms with E-state index in [2.05, 4.69) is 5.32 Å². The predicted octanol–water partition coefficient (Wildman–Crippen LogP) is 3.74. The van der Waals surface area contributed by atoms with Crippen LogP contribution in [-0.4, -0.2) is 42.3 Å². The SMILES string of the molecule is CC(C)(C)OC(=O)N1CCN[C@H](Cc2cc(Cl)cc(Cl)c2)C1. The summed E-state index contributed by atoms with van der Waals surface area (Å²) < 4.78 is 5.43. The Labute approximate surface area is 141 Å². The molecule has 1 N–H and O–H groups in total. The molecule has 1 saturated heterocycles. The smallest absolute Gasteiger partial charge is 0.410 e. The average molecular weight is 345 g/mol. The van der Waals surface area contributed by atoms with Crippen molar-refractivity contribution in [1.29, 1.82) is 0 Å². The predicted molar refractivity (Wildman–Crippen MR) is 89.8 cm³/mol. The summed E-state index contributed by atoms with van der Waals surface area (Å²) in [4.78, 5) is 13.9. The number of halogens is 2. The summed E-state index contributed by atoms with van der Waals surface area (Å²) in [6.45, 7) is 7.63. The fraction of sp³-hybridized carbons (Fsp3) is 0.562. The second kappa shape index (κ2) is 7.07. The van der Waals surface area contributed by atoms with E-state index in [1.54, 1.807) is 11.0 Å². The molecule has 1 amide bonds. The zero-order valence-electron chi connectivity index (χ0n) is 13.2. The number of amides is 1. The van der Waals surface area contributed by atoms with Crippen LogP contribution in [0.2, 0.25) is 10.0 Å². The summed E-state index contributed by atoms with van der Waals surface area (Å²) in [6.07, 6.45) is 0.502. The molecule has 1 heterocycles. The molecule has 1 aromatic rings. The molecule has 22 heavy (non-hydrogen) atoms. The third-order valence-electron chi connectivity index (χ3n) is 3.31. The molecule has 6 heteroatoms. The monoisotopic (exact) mass is 344 g/mol. The number of rotatable bonds is 2. The van der Waals surface area contributed by atoms with Crippen molar-refractivity contribution in [1.82, 2.24) is 10.2 Å². The fourth-order valence-corrected chi connectivity index (χ4v) is 3.04. The maximum Gasteiger partial charge on any atom is 0.410 e. The third-order valence-corrected chi connectivity index (χ3v) is 3.75. The van der Waals surface area contributed by atoms with Gasteiger partial charge < -0.3 is 15.0 Å². The van der Waals surface area contributed by atoms with Gasteiger partial charge in [0, 0.05) is 35.7 Å². The van der Waals surface area contributed by atoms with E-state index in [1.807, 2.05) is 32.9 Å². The molecule has 0 aliphatic carbocycles. The summed E-state index contributed by atoms with van der Waals surface area (Å²) in [7, 11) is 0. The zero-order chi connectivity index (χ0) is 16.3. The minimum Gasteiger partial charge on any atom is -0.444 e. The number of carbonyl (C=O) groups excluding carboxylic acids is 1. The summed E-state index contributed by atoms with van der Waals surface area (Å²) >= 11 is 12.1. The Morgan fingerprint density at radius 2 is 1.95 bits per heavy atom. The first-order chi connectivity index (χ1) is 10.2. The number of ether oxygens (including phenoxy) is 1. The van der Waals surface area contributed by atoms with Crippen LogP contribution in [0, 0.1) is 0 Å². The van der Waals surface area contributed by atoms with Crippen LogP contribution in [0.4, 0.5) is 4.79 Å². The molecule has 1 atom stereocenters. The van der Waals surface area contributed by atoms with Crippen molar-refractivity contribution >= 4 is 29.3 Å². The van der Waals surface area contributed by atoms with Crippen LogP contribution < -0.4 is 5.32 Å². The van der Waals surface area contributed by atoms with Gasteiger partial charge in [0.05, 0.1) is 0 Å². The Morgan fingerprint density at radius 1 is 1.32 bits per heavy atom. The topological polar surface area (TPSA) is 41.6 Å². The lowest BCUT2D eigenvalue weighted by molar-refractivity contribution is 0.0195. The lowest BCUT2D eigenvalue weighted by Crippen LogP contribution is -2.54. The van der Waals surface area contributed by atoms with E-state index in [1.165, 1.54) is 0 Å². The van der Waals surface area contributed by atoms with Gasteiger partial charge in [-0.25, -0.2) is 4.79 Å². The van der Waals surface area contributed by atoms with Crippen LogP contribution >= 0.6 is 23.2 Å². The van der Waals surface area contributed by atoms with Gasteiger partial charge in [-0.2, -0.15) is 0 Å². The van der Waals surface area contributed by atoms with Gasteiger partial charge in [-0.15, -0.1) is 0 Å². The first-order valence-corrected chi connectivity index (χ1v) is 8.15. The Kier molecular flexibility index (Phi) is 5.59. The number of nitrogens with zero attached hydrogens (tertiary/aromatic N) is 1. The van der Waals surface area contributed by atoms with E-state index >= 15 is 0 Å². The lowest BCUT2D eigenvalue weighted by Gasteiger charge is -2.35. The molecular formula is C16H22Cl2N2O2. The van der Waals surface area contributed by atoms with Crippen molar-refractivity contribution in [3.8, 4) is 0 Å². The highest BCUT2D eigenvalue weighted by Gasteiger charge is 2.27. The second-order valence-corrected chi connectivity index (χ2v) is 7.43. The van der Waals surface area contributed by atoms with Gasteiger partial charge in [0.25, 0.3) is 0 Å². The summed E-state index contributed by atoms with van der Waals surface area (Å²) in [5.41, 5.74) is 0.582. The van der Waals surface area contributed by atoms with Gasteiger partial charge in [0.2, 0.25) is 0 Å². The maximum absolute atomic E-state index is 12.2. The highest BCUT2D eigenvalue weighted by Crippen LogP contribution is 2.21. The van der Waals surface area contributed by atoms with Crippen molar-refractivity contribution in [2.45, 2.75) is 38.8 Å². The molecule has 1 aliphatic rings. The van der Waals surface area contributed by atoms with Crippen molar-refractivity contribution in [3.63, 3.8) is 0 Å². The Hall–Kier alpha value is -0.970. The van der Waals surface area contributed by atoms with E-state index in [0.29, 0.717) is 23.1 Å². The average Bonchev–Trinajstić information content (AvgIpc) is 2.35. The molecule has 4 nitrogen and oxygen atoms in total. The largest absolute Gasteiger partial charge is 0.444 e. The maximum atomic E-state index is 12.2. The van der Waals surface area contributed by atoms with Gasteiger partial charge >= 0.3 is 6.09 Å². The van der Waals surface area contributed by atoms with E-state index in [0.717, 1.165) is 18.5 Å². The third kappa shape index (κ3) is 5.34. The van der Waals surface area contributed by atoms with Gasteiger partial charge in [-0.1, -0.05) is 23.2 Å². The molecule has 0 spiro atoms. The van der Waals surface area contributed by atoms with Gasteiger partial charge in [0.15, 0.2) is 0 Å². The Morgan fingerprint density at radius 3 is 2.55 bits per heavy atom. The van der Waals surface area contributed by atoms with Crippen molar-refractivity contribution < 1.29 is 9.53 Å². The quantitative estimate of drug-likeness (QED) is 0.888. The first-order valence-electron chi connectivity index (χ1n) is 7.39. The molecule has 0 radical (unpaired) electrons. The van der Waals surface area contributed by atoms with E-state index < -0.39 is 5.60 Å². The number of piperazine rings is 1. The number of benzene rings is 1. The van der Waals surface area contributed by atoms with Crippen LogP contribution in [0.5, 0.6) is 0 Å². The number of hydrogen-bond donors (Lipinski definition) is 1. The first kappa shape index (κ1) is 17.4. The molecule has 0 aromatic heterocycles. The highest BCUT2D eigenvalue weighted by molar-refractivity contribution is 6.34. The molecule has 122 valence electrons. The normalized spacial score (nSPS) is 19.1. The number of nitrogens with one attached hydrogen (secondary N) is 1. The highest BCUT2D eigenvalue weighted by atomic mass is 35.5. The van der Waals surface area contributed by atoms with Gasteiger partial charge in [-0.3, -0.25) is 0 Å². The Balaban J connectivity index is 1.97. The number of carbonyl (C=O) groups is 1. The molecule has 2 rings (SSSR count). The van der Waals surface area contributed by atoms with Crippen molar-refractivity contribution in [2.24, 2.45) is 0 Å². The molecule has 0 unspecified atom stereocenters. The standard InChI is InChI=1S/C16H22Cl2N2O2/c1-16(2,3)22-15(21)20-5-4-19-14(10-20)8-11-6-12(17)9-13(18)7-11/h6-7,9,14,19H,4-5,8,10H2,1-3H3/t14-/m1/s1. The van der Waals surface area contributed by atoms with Gasteiger partial charge in [-0.05, 0) is 51.0 Å². The zero-order valence-corrected chi connectivity index (χ0v) is 14.7. The fourth-order valence-electron chi connectivity index (χ4n) is 2.47. The molecule has 1 aliphatic heterocycles. The minimum absolute atomic E-state index is 0.163. The lowest BCUT2D eigenvalue weighted by atomic mass is 10.0. The van der Waals surface area contributed by atoms with Crippen LogP contribution in [0.3, 0.4) is 0 Å². The second-order valence-electron chi connectivity index (χ2n) is 6.56. The Bertz CT molecular complexity index is 523. The van der Waals surface area contributed by atoms with Crippen molar-refractivity contribution in [3.05, 3.63) is 33.8 Å². The summed E-state index contributed by atoms with van der Waals surface area (Å²) in [5.74, 6) is 0. The summed E-state index contributed by atoms with van der Waals surface area (Å²) in [5, 5.41) is 4.67. The van der Waals surface area contributed by atoms with Crippen LogP contribution in [-0.2, 0) is 11.2 Å². The van der Waals surface area contributed by atoms with Gasteiger partial charge in [0.1, 0.15) is 5.60 Å². The molecule has 1 aromatic carbocycles. The van der Waals surface area contributed by atoms with E-state index in [9.17, 15) is 4.79 Å². The van der Waals surface area contributed by atoms with E-state index in [4.69, 9.17) is 27.9 Å². The van der Waals surface area contributed by atoms with Crippen LogP contribution in [0.25, 0.3) is 0 Å². The van der Waals surface area contributed by atoms with Crippen LogP contribution in [0.1, 0.15) is 26.3 Å². The summed E-state index contributed by atoms with van der Waals surface area (Å²) in [6, 6.07) is 5.69. The molecule has 0 saturated carbocycles. The molecule has 0 bridgehead atoms.